The Hall–Kier alpha value is -4.08. The molecule has 34 heavy (non-hydrogen) atoms. The molecule has 2 amide bonds. The minimum absolute atomic E-state index is 0.158. The van der Waals surface area contributed by atoms with Crippen LogP contribution in [-0.4, -0.2) is 45.0 Å². The van der Waals surface area contributed by atoms with E-state index in [1.807, 2.05) is 25.1 Å². The van der Waals surface area contributed by atoms with Crippen molar-refractivity contribution in [2.75, 3.05) is 18.4 Å². The van der Waals surface area contributed by atoms with E-state index in [0.717, 1.165) is 39.9 Å². The third kappa shape index (κ3) is 3.91. The Morgan fingerprint density at radius 3 is 2.65 bits per heavy atom. The molecule has 1 atom stereocenters. The number of aryl methyl sites for hydroxylation is 1. The summed E-state index contributed by atoms with van der Waals surface area (Å²) in [4.78, 5) is 30.2. The van der Waals surface area contributed by atoms with Crippen molar-refractivity contribution in [1.29, 1.82) is 0 Å². The molecular weight excluding hydrogens is 447 g/mol. The number of hydrogen-bond acceptors (Lipinski definition) is 3. The van der Waals surface area contributed by atoms with Crippen molar-refractivity contribution in [2.24, 2.45) is 5.92 Å². The van der Waals surface area contributed by atoms with Gasteiger partial charge in [0, 0.05) is 42.0 Å². The average Bonchev–Trinajstić information content (AvgIpc) is 3.57. The Morgan fingerprint density at radius 2 is 1.88 bits per heavy atom. The number of hydrogen-bond donors (Lipinski definition) is 3. The fourth-order valence-electron chi connectivity index (χ4n) is 4.28. The summed E-state index contributed by atoms with van der Waals surface area (Å²) >= 11 is 0. The minimum Gasteiger partial charge on any atom is -0.351 e. The zero-order chi connectivity index (χ0) is 24.0. The fraction of sp³-hybridized carbons (Fsp3) is 0.208. The second kappa shape index (κ2) is 8.36. The van der Waals surface area contributed by atoms with Crippen molar-refractivity contribution in [2.45, 2.75) is 13.3 Å². The van der Waals surface area contributed by atoms with Crippen LogP contribution in [0.15, 0.2) is 42.6 Å². The lowest BCUT2D eigenvalue weighted by atomic mass is 10.1. The van der Waals surface area contributed by atoms with Gasteiger partial charge < -0.3 is 15.2 Å². The van der Waals surface area contributed by atoms with Crippen LogP contribution in [-0.2, 0) is 4.79 Å². The number of halogens is 3. The highest BCUT2D eigenvalue weighted by atomic mass is 19.2. The highest BCUT2D eigenvalue weighted by Crippen LogP contribution is 2.27. The molecule has 0 bridgehead atoms. The summed E-state index contributed by atoms with van der Waals surface area (Å²) in [7, 11) is 0. The van der Waals surface area contributed by atoms with E-state index in [1.54, 1.807) is 17.2 Å². The molecule has 4 aromatic rings. The van der Waals surface area contributed by atoms with Crippen LogP contribution in [0, 0.1) is 30.3 Å². The van der Waals surface area contributed by atoms with Crippen molar-refractivity contribution >= 4 is 28.4 Å². The van der Waals surface area contributed by atoms with E-state index in [9.17, 15) is 22.8 Å². The van der Waals surface area contributed by atoms with Crippen LogP contribution >= 0.6 is 0 Å². The average molecular weight is 467 g/mol. The summed E-state index contributed by atoms with van der Waals surface area (Å²) in [6, 6.07) is 8.94. The molecule has 3 heterocycles. The molecule has 2 aromatic carbocycles. The topological polar surface area (TPSA) is 93.9 Å². The Bertz CT molecular complexity index is 1400. The molecule has 1 aliphatic heterocycles. The van der Waals surface area contributed by atoms with Gasteiger partial charge in [0.05, 0.1) is 17.6 Å². The standard InChI is InChI=1S/C24H20F3N5O2/c1-12-6-14(7-15-10-28-31-22(12)15)19-2-3-20(30-19)24(34)32-5-4-13(11-32)23(33)29-16-8-17(25)21(27)18(26)9-16/h2-3,6-10,13,30H,4-5,11H2,1H3,(H,28,31)(H,29,33)/t13-/m0/s1. The molecule has 174 valence electrons. The van der Waals surface area contributed by atoms with Crippen LogP contribution < -0.4 is 5.32 Å². The van der Waals surface area contributed by atoms with E-state index in [4.69, 9.17) is 0 Å². The molecule has 2 aromatic heterocycles. The molecule has 7 nitrogen and oxygen atoms in total. The number of carbonyl (C=O) groups is 2. The predicted octanol–water partition coefficient (Wildman–Crippen LogP) is 4.38. The third-order valence-corrected chi connectivity index (χ3v) is 6.07. The maximum Gasteiger partial charge on any atom is 0.270 e. The Morgan fingerprint density at radius 1 is 1.12 bits per heavy atom. The molecule has 1 fully saturated rings. The van der Waals surface area contributed by atoms with E-state index in [2.05, 4.69) is 20.5 Å². The van der Waals surface area contributed by atoms with E-state index < -0.39 is 29.3 Å². The zero-order valence-corrected chi connectivity index (χ0v) is 18.1. The number of benzene rings is 2. The molecule has 0 radical (unpaired) electrons. The lowest BCUT2D eigenvalue weighted by molar-refractivity contribution is -0.119. The number of nitrogens with zero attached hydrogens (tertiary/aromatic N) is 2. The number of carbonyl (C=O) groups excluding carboxylic acids is 2. The van der Waals surface area contributed by atoms with Gasteiger partial charge in [0.25, 0.3) is 5.91 Å². The van der Waals surface area contributed by atoms with Gasteiger partial charge in [0.2, 0.25) is 5.91 Å². The number of likely N-dealkylation sites (tertiary alicyclic amines) is 1. The molecule has 1 aliphatic rings. The molecule has 5 rings (SSSR count). The number of nitrogens with one attached hydrogen (secondary N) is 3. The third-order valence-electron chi connectivity index (χ3n) is 6.07. The van der Waals surface area contributed by atoms with Gasteiger partial charge in [-0.2, -0.15) is 5.10 Å². The first kappa shape index (κ1) is 21.7. The first-order chi connectivity index (χ1) is 16.3. The van der Waals surface area contributed by atoms with Crippen molar-refractivity contribution in [3.8, 4) is 11.3 Å². The van der Waals surface area contributed by atoms with Crippen LogP contribution in [0.5, 0.6) is 0 Å². The summed E-state index contributed by atoms with van der Waals surface area (Å²) in [6.45, 7) is 2.49. The summed E-state index contributed by atoms with van der Waals surface area (Å²) in [6.07, 6.45) is 2.14. The fourth-order valence-corrected chi connectivity index (χ4v) is 4.28. The molecule has 0 spiro atoms. The van der Waals surface area contributed by atoms with E-state index in [-0.39, 0.29) is 18.1 Å². The zero-order valence-electron chi connectivity index (χ0n) is 18.1. The van der Waals surface area contributed by atoms with E-state index in [0.29, 0.717) is 18.7 Å². The largest absolute Gasteiger partial charge is 0.351 e. The van der Waals surface area contributed by atoms with Gasteiger partial charge >= 0.3 is 0 Å². The SMILES string of the molecule is Cc1cc(-c2ccc(C(=O)N3CC[C@H](C(=O)Nc4cc(F)c(F)c(F)c4)C3)[nH]2)cc2cn[nH]c12. The lowest BCUT2D eigenvalue weighted by Gasteiger charge is -2.16. The van der Waals surface area contributed by atoms with Gasteiger partial charge in [-0.1, -0.05) is 0 Å². The number of aromatic amines is 2. The number of H-pyrrole nitrogens is 2. The van der Waals surface area contributed by atoms with E-state index >= 15 is 0 Å². The molecule has 3 N–H and O–H groups in total. The van der Waals surface area contributed by atoms with Crippen molar-refractivity contribution in [1.82, 2.24) is 20.1 Å². The van der Waals surface area contributed by atoms with Gasteiger partial charge in [-0.05, 0) is 48.7 Å². The first-order valence-electron chi connectivity index (χ1n) is 10.7. The van der Waals surface area contributed by atoms with Crippen LogP contribution in [0.25, 0.3) is 22.2 Å². The molecular formula is C24H20F3N5O2. The maximum absolute atomic E-state index is 13.4. The van der Waals surface area contributed by atoms with Crippen molar-refractivity contribution in [3.63, 3.8) is 0 Å². The molecule has 10 heteroatoms. The van der Waals surface area contributed by atoms with Crippen LogP contribution in [0.3, 0.4) is 0 Å². The summed E-state index contributed by atoms with van der Waals surface area (Å²) in [5, 5.41) is 10.4. The summed E-state index contributed by atoms with van der Waals surface area (Å²) in [5.74, 6) is -5.66. The number of fused-ring (bicyclic) bond motifs is 1. The quantitative estimate of drug-likeness (QED) is 0.389. The molecule has 1 saturated heterocycles. The van der Waals surface area contributed by atoms with Gasteiger partial charge in [-0.3, -0.25) is 14.7 Å². The second-order valence-electron chi connectivity index (χ2n) is 8.39. The Labute approximate surface area is 192 Å². The van der Waals surface area contributed by atoms with Gasteiger partial charge in [0.15, 0.2) is 17.5 Å². The van der Waals surface area contributed by atoms with Gasteiger partial charge in [-0.15, -0.1) is 0 Å². The molecule has 0 unspecified atom stereocenters. The van der Waals surface area contributed by atoms with Crippen LogP contribution in [0.1, 0.15) is 22.5 Å². The van der Waals surface area contributed by atoms with Gasteiger partial charge in [-0.25, -0.2) is 13.2 Å². The Balaban J connectivity index is 1.26. The maximum atomic E-state index is 13.4. The highest BCUT2D eigenvalue weighted by Gasteiger charge is 2.32. The van der Waals surface area contributed by atoms with Gasteiger partial charge in [0.1, 0.15) is 5.69 Å². The first-order valence-corrected chi connectivity index (χ1v) is 10.7. The van der Waals surface area contributed by atoms with E-state index in [1.165, 1.54) is 0 Å². The molecule has 0 saturated carbocycles. The molecule has 0 aliphatic carbocycles. The highest BCUT2D eigenvalue weighted by molar-refractivity contribution is 5.96. The van der Waals surface area contributed by atoms with Crippen LogP contribution in [0.2, 0.25) is 0 Å². The minimum atomic E-state index is -1.60. The van der Waals surface area contributed by atoms with Crippen LogP contribution in [0.4, 0.5) is 18.9 Å². The predicted molar refractivity (Wildman–Crippen MR) is 120 cm³/mol. The van der Waals surface area contributed by atoms with Crippen molar-refractivity contribution in [3.05, 3.63) is 71.3 Å². The Kier molecular flexibility index (Phi) is 5.35. The van der Waals surface area contributed by atoms with Crippen molar-refractivity contribution < 1.29 is 22.8 Å². The number of rotatable bonds is 4. The number of amides is 2. The summed E-state index contributed by atoms with van der Waals surface area (Å²) in [5.41, 5.74) is 3.90. The lowest BCUT2D eigenvalue weighted by Crippen LogP contribution is -2.31. The number of anilines is 1. The second-order valence-corrected chi connectivity index (χ2v) is 8.39. The summed E-state index contributed by atoms with van der Waals surface area (Å²) < 4.78 is 39.9. The number of aromatic nitrogens is 3. The smallest absolute Gasteiger partial charge is 0.270 e. The normalized spacial score (nSPS) is 15.8. The monoisotopic (exact) mass is 467 g/mol.